The first-order valence-electron chi connectivity index (χ1n) is 9.06. The van der Waals surface area contributed by atoms with Gasteiger partial charge in [-0.25, -0.2) is 0 Å². The van der Waals surface area contributed by atoms with E-state index in [9.17, 15) is 0 Å². The summed E-state index contributed by atoms with van der Waals surface area (Å²) in [5, 5.41) is 0. The normalized spacial score (nSPS) is 22.0. The smallest absolute Gasteiger partial charge is 0 e. The Bertz CT molecular complexity index is 229. The number of rotatable bonds is 3. The summed E-state index contributed by atoms with van der Waals surface area (Å²) >= 11 is 0. The van der Waals surface area contributed by atoms with Gasteiger partial charge in [-0.1, -0.05) is 41.5 Å². The molecule has 3 saturated carbocycles. The zero-order chi connectivity index (χ0) is 17.9. The van der Waals surface area contributed by atoms with Crippen LogP contribution in [0.3, 0.4) is 0 Å². The van der Waals surface area contributed by atoms with Crippen molar-refractivity contribution in [3.63, 3.8) is 0 Å². The van der Waals surface area contributed by atoms with Gasteiger partial charge in [-0.15, -0.1) is 0 Å². The molecule has 0 aromatic rings. The van der Waals surface area contributed by atoms with Crippen LogP contribution in [0.15, 0.2) is 0 Å². The SMILES string of the molecule is CC(C)[C]1[CH][CH][CH][CH]1.CC(C)[C]1[CH][CH][CH][CH]1.CC(C)[C]1[CH][CH][CH][CH]1.[Tb]. The number of hydrogen-bond donors (Lipinski definition) is 0. The van der Waals surface area contributed by atoms with Gasteiger partial charge in [0.05, 0.1) is 0 Å². The Morgan fingerprint density at radius 2 is 0.560 bits per heavy atom. The van der Waals surface area contributed by atoms with Crippen molar-refractivity contribution in [1.29, 1.82) is 0 Å². The predicted octanol–water partition coefficient (Wildman–Crippen LogP) is 6.14. The van der Waals surface area contributed by atoms with Crippen molar-refractivity contribution in [2.75, 3.05) is 0 Å². The van der Waals surface area contributed by atoms with Gasteiger partial charge in [0.25, 0.3) is 0 Å². The minimum absolute atomic E-state index is 0. The minimum atomic E-state index is 0. The molecule has 3 aliphatic rings. The molecule has 0 aliphatic heterocycles. The minimum Gasteiger partial charge on any atom is -0.0622 e. The molecular weight excluding hydrogens is 447 g/mol. The molecular formula is C24H33Tb. The van der Waals surface area contributed by atoms with Gasteiger partial charge in [0, 0.05) is 38.6 Å². The average Bonchev–Trinajstić information content (AvgIpc) is 3.29. The van der Waals surface area contributed by atoms with Gasteiger partial charge in [-0.3, -0.25) is 0 Å². The molecule has 0 nitrogen and oxygen atoms in total. The third-order valence-corrected chi connectivity index (χ3v) is 4.07. The summed E-state index contributed by atoms with van der Waals surface area (Å²) in [6.07, 6.45) is 25.4. The van der Waals surface area contributed by atoms with E-state index < -0.39 is 0 Å². The molecule has 3 fully saturated rings. The summed E-state index contributed by atoms with van der Waals surface area (Å²) in [5.74, 6) is 6.36. The zero-order valence-corrected chi connectivity index (χ0v) is 18.6. The van der Waals surface area contributed by atoms with Crippen LogP contribution in [0.1, 0.15) is 41.5 Å². The van der Waals surface area contributed by atoms with Crippen molar-refractivity contribution in [2.24, 2.45) is 17.8 Å². The van der Waals surface area contributed by atoms with Crippen molar-refractivity contribution < 1.29 is 38.6 Å². The Morgan fingerprint density at radius 1 is 0.400 bits per heavy atom. The Morgan fingerprint density at radius 3 is 0.640 bits per heavy atom. The first kappa shape index (κ1) is 26.3. The van der Waals surface area contributed by atoms with Gasteiger partial charge >= 0.3 is 0 Å². The quantitative estimate of drug-likeness (QED) is 0.455. The van der Waals surface area contributed by atoms with Crippen molar-refractivity contribution in [2.45, 2.75) is 41.5 Å². The van der Waals surface area contributed by atoms with Crippen LogP contribution in [0.2, 0.25) is 0 Å². The van der Waals surface area contributed by atoms with Crippen LogP contribution >= 0.6 is 0 Å². The van der Waals surface area contributed by atoms with E-state index >= 15 is 0 Å². The number of hydrogen-bond acceptors (Lipinski definition) is 0. The van der Waals surface area contributed by atoms with Gasteiger partial charge < -0.3 is 0 Å². The molecule has 0 N–H and O–H groups in total. The van der Waals surface area contributed by atoms with Crippen LogP contribution in [-0.4, -0.2) is 0 Å². The second-order valence-corrected chi connectivity index (χ2v) is 7.12. The molecule has 1 heteroatoms. The molecule has 0 amide bonds. The van der Waals surface area contributed by atoms with E-state index in [-0.39, 0.29) is 38.6 Å². The van der Waals surface area contributed by atoms with E-state index in [1.54, 1.807) is 0 Å². The van der Waals surface area contributed by atoms with Gasteiger partial charge in [0.2, 0.25) is 0 Å². The molecule has 0 atom stereocenters. The molecule has 0 bridgehead atoms. The fourth-order valence-corrected chi connectivity index (χ4v) is 2.32. The molecule has 3 rings (SSSR count). The summed E-state index contributed by atoms with van der Waals surface area (Å²) in [6.45, 7) is 13.2. The second kappa shape index (κ2) is 15.2. The van der Waals surface area contributed by atoms with Crippen LogP contribution in [0.4, 0.5) is 0 Å². The van der Waals surface area contributed by atoms with Crippen LogP contribution in [0.5, 0.6) is 0 Å². The molecule has 0 heterocycles. The maximum atomic E-state index is 2.20. The fraction of sp³-hybridized carbons (Fsp3) is 0.375. The van der Waals surface area contributed by atoms with E-state index in [0.717, 1.165) is 0 Å². The van der Waals surface area contributed by atoms with Crippen molar-refractivity contribution in [3.8, 4) is 0 Å². The van der Waals surface area contributed by atoms with E-state index in [1.165, 1.54) is 17.8 Å². The van der Waals surface area contributed by atoms with Gasteiger partial charge in [0.1, 0.15) is 0 Å². The summed E-state index contributed by atoms with van der Waals surface area (Å²) in [6, 6.07) is 0. The zero-order valence-electron chi connectivity index (χ0n) is 16.5. The third kappa shape index (κ3) is 11.7. The molecule has 0 saturated heterocycles. The van der Waals surface area contributed by atoms with Gasteiger partial charge in [0.15, 0.2) is 0 Å². The van der Waals surface area contributed by atoms with Crippen molar-refractivity contribution in [1.82, 2.24) is 0 Å². The van der Waals surface area contributed by atoms with Crippen molar-refractivity contribution >= 4 is 0 Å². The van der Waals surface area contributed by atoms with Crippen LogP contribution in [0, 0.1) is 151 Å². The molecule has 16 radical (unpaired) electrons. The van der Waals surface area contributed by atoms with Gasteiger partial charge in [-0.05, 0) is 113 Å². The molecule has 0 unspecified atom stereocenters. The molecule has 25 heavy (non-hydrogen) atoms. The Labute approximate surface area is 191 Å². The first-order chi connectivity index (χ1) is 11.4. The molecule has 0 spiro atoms. The van der Waals surface area contributed by atoms with Crippen LogP contribution in [-0.2, 0) is 0 Å². The Kier molecular flexibility index (Phi) is 16.0. The van der Waals surface area contributed by atoms with E-state index in [0.29, 0.717) is 17.8 Å². The van der Waals surface area contributed by atoms with E-state index in [2.05, 4.69) is 119 Å². The summed E-state index contributed by atoms with van der Waals surface area (Å²) in [4.78, 5) is 0. The topological polar surface area (TPSA) is 0 Å². The molecule has 0 aromatic heterocycles. The predicted molar refractivity (Wildman–Crippen MR) is 106 cm³/mol. The monoisotopic (exact) mass is 480 g/mol. The third-order valence-electron chi connectivity index (χ3n) is 4.07. The molecule has 138 valence electrons. The molecule has 3 aliphatic carbocycles. The first-order valence-corrected chi connectivity index (χ1v) is 9.06. The fourth-order valence-electron chi connectivity index (χ4n) is 2.32. The standard InChI is InChI=1S/3C8H11.Tb/c3*1-7(2)8-5-3-4-6-8;/h3*3-7H,1-2H3;. The Balaban J connectivity index is 0.000000339. The summed E-state index contributed by atoms with van der Waals surface area (Å²) in [7, 11) is 0. The van der Waals surface area contributed by atoms with E-state index in [4.69, 9.17) is 0 Å². The van der Waals surface area contributed by atoms with Crippen LogP contribution < -0.4 is 0 Å². The van der Waals surface area contributed by atoms with Crippen LogP contribution in [0.25, 0.3) is 0 Å². The average molecular weight is 480 g/mol. The maximum absolute atomic E-state index is 2.20. The Hall–Kier alpha value is 1.29. The molecule has 0 aromatic carbocycles. The van der Waals surface area contributed by atoms with E-state index in [1.807, 2.05) is 0 Å². The second-order valence-electron chi connectivity index (χ2n) is 7.12. The van der Waals surface area contributed by atoms with Crippen molar-refractivity contribution in [3.05, 3.63) is 94.8 Å². The summed E-state index contributed by atoms with van der Waals surface area (Å²) < 4.78 is 0. The maximum Gasteiger partial charge on any atom is 0 e. The van der Waals surface area contributed by atoms with Gasteiger partial charge in [-0.2, -0.15) is 0 Å². The largest absolute Gasteiger partial charge is 0.0622 e. The summed E-state index contributed by atoms with van der Waals surface area (Å²) in [5.41, 5.74) is 0.